The molecule has 0 aromatic carbocycles. The molecule has 0 bridgehead atoms. The van der Waals surface area contributed by atoms with Crippen LogP contribution in [0.1, 0.15) is 34.6 Å². The van der Waals surface area contributed by atoms with Crippen molar-refractivity contribution in [2.45, 2.75) is 26.7 Å². The molecule has 3 rings (SSSR count). The second-order valence-corrected chi connectivity index (χ2v) is 7.67. The number of nitrogens with one attached hydrogen (secondary N) is 2. The number of thiazole rings is 1. The van der Waals surface area contributed by atoms with Crippen molar-refractivity contribution in [2.24, 2.45) is 5.41 Å². The first-order valence-electron chi connectivity index (χ1n) is 8.63. The van der Waals surface area contributed by atoms with Gasteiger partial charge in [0.05, 0.1) is 12.2 Å². The number of aryl methyl sites for hydroxylation is 1. The van der Waals surface area contributed by atoms with E-state index < -0.39 is 0 Å². The standard InChI is InChI=1S/C18H26N4O2S.2ClH/c1-13-10-15(14(2)22(13)17-20-8-9-25-17)16(23)21-11-18(12-24-3)4-6-19-7-5-18;;/h8-10,19H,4-7,11-12H2,1-3H3,(H,21,23);2*1H. The van der Waals surface area contributed by atoms with Gasteiger partial charge in [-0.3, -0.25) is 9.36 Å². The van der Waals surface area contributed by atoms with E-state index in [1.54, 1.807) is 24.6 Å². The van der Waals surface area contributed by atoms with Crippen molar-refractivity contribution in [3.8, 4) is 5.13 Å². The summed E-state index contributed by atoms with van der Waals surface area (Å²) in [5, 5.41) is 9.36. The van der Waals surface area contributed by atoms with Crippen LogP contribution < -0.4 is 10.6 Å². The highest BCUT2D eigenvalue weighted by Gasteiger charge is 2.33. The van der Waals surface area contributed by atoms with Crippen LogP contribution in [0.2, 0.25) is 0 Å². The fourth-order valence-corrected chi connectivity index (χ4v) is 4.36. The Morgan fingerprint density at radius 3 is 2.67 bits per heavy atom. The Balaban J connectivity index is 0.00000182. The van der Waals surface area contributed by atoms with E-state index in [1.165, 1.54) is 0 Å². The highest BCUT2D eigenvalue weighted by Crippen LogP contribution is 2.29. The molecule has 0 aliphatic carbocycles. The maximum absolute atomic E-state index is 12.8. The van der Waals surface area contributed by atoms with E-state index in [4.69, 9.17) is 4.74 Å². The molecule has 152 valence electrons. The lowest BCUT2D eigenvalue weighted by Crippen LogP contribution is -2.47. The van der Waals surface area contributed by atoms with Crippen molar-refractivity contribution < 1.29 is 9.53 Å². The van der Waals surface area contributed by atoms with Crippen LogP contribution in [0.5, 0.6) is 0 Å². The molecule has 1 amide bonds. The van der Waals surface area contributed by atoms with Gasteiger partial charge in [-0.15, -0.1) is 36.2 Å². The average molecular weight is 435 g/mol. The van der Waals surface area contributed by atoms with Crippen molar-refractivity contribution in [3.05, 3.63) is 34.6 Å². The largest absolute Gasteiger partial charge is 0.384 e. The average Bonchev–Trinajstić information content (AvgIpc) is 3.22. The lowest BCUT2D eigenvalue weighted by Gasteiger charge is -2.37. The zero-order valence-electron chi connectivity index (χ0n) is 15.9. The topological polar surface area (TPSA) is 68.2 Å². The van der Waals surface area contributed by atoms with Crippen LogP contribution in [0.15, 0.2) is 17.6 Å². The van der Waals surface area contributed by atoms with Gasteiger partial charge in [0.1, 0.15) is 0 Å². The first kappa shape index (κ1) is 23.9. The quantitative estimate of drug-likeness (QED) is 0.732. The maximum Gasteiger partial charge on any atom is 0.253 e. The Hall–Kier alpha value is -1.12. The number of halogens is 2. The molecule has 9 heteroatoms. The van der Waals surface area contributed by atoms with Gasteiger partial charge in [-0.25, -0.2) is 4.98 Å². The van der Waals surface area contributed by atoms with Crippen molar-refractivity contribution in [1.29, 1.82) is 0 Å². The van der Waals surface area contributed by atoms with Crippen molar-refractivity contribution in [2.75, 3.05) is 33.4 Å². The number of hydrogen-bond acceptors (Lipinski definition) is 5. The lowest BCUT2D eigenvalue weighted by atomic mass is 9.79. The number of rotatable bonds is 6. The summed E-state index contributed by atoms with van der Waals surface area (Å²) in [4.78, 5) is 17.2. The minimum atomic E-state index is -0.0232. The van der Waals surface area contributed by atoms with E-state index in [0.29, 0.717) is 18.7 Å². The molecule has 0 unspecified atom stereocenters. The van der Waals surface area contributed by atoms with Crippen molar-refractivity contribution in [1.82, 2.24) is 20.2 Å². The first-order valence-corrected chi connectivity index (χ1v) is 9.51. The monoisotopic (exact) mass is 434 g/mol. The van der Waals surface area contributed by atoms with E-state index in [1.807, 2.05) is 29.9 Å². The number of carbonyl (C=O) groups excluding carboxylic acids is 1. The Bertz CT molecular complexity index is 723. The third-order valence-corrected chi connectivity index (χ3v) is 5.78. The zero-order valence-corrected chi connectivity index (χ0v) is 18.4. The molecule has 2 aromatic heterocycles. The van der Waals surface area contributed by atoms with Gasteiger partial charge >= 0.3 is 0 Å². The number of nitrogens with zero attached hydrogens (tertiary/aromatic N) is 2. The number of piperidine rings is 1. The minimum Gasteiger partial charge on any atom is -0.384 e. The number of aromatic nitrogens is 2. The van der Waals surface area contributed by atoms with Gasteiger partial charge in [0.2, 0.25) is 0 Å². The van der Waals surface area contributed by atoms with Gasteiger partial charge in [-0.05, 0) is 45.8 Å². The fourth-order valence-electron chi connectivity index (χ4n) is 3.61. The van der Waals surface area contributed by atoms with Gasteiger partial charge < -0.3 is 15.4 Å². The molecular formula is C18H28Cl2N4O2S. The zero-order chi connectivity index (χ0) is 17.9. The summed E-state index contributed by atoms with van der Waals surface area (Å²) in [6.07, 6.45) is 3.81. The van der Waals surface area contributed by atoms with Crippen LogP contribution in [-0.4, -0.2) is 48.8 Å². The number of hydrogen-bond donors (Lipinski definition) is 2. The summed E-state index contributed by atoms with van der Waals surface area (Å²) in [5.74, 6) is -0.0232. The maximum atomic E-state index is 12.8. The van der Waals surface area contributed by atoms with E-state index in [2.05, 4.69) is 15.6 Å². The summed E-state index contributed by atoms with van der Waals surface area (Å²) < 4.78 is 7.47. The molecule has 1 aliphatic rings. The summed E-state index contributed by atoms with van der Waals surface area (Å²) >= 11 is 1.57. The van der Waals surface area contributed by atoms with Gasteiger partial charge in [0.15, 0.2) is 5.13 Å². The minimum absolute atomic E-state index is 0. The molecule has 0 spiro atoms. The van der Waals surface area contributed by atoms with Crippen LogP contribution in [0.25, 0.3) is 5.13 Å². The second-order valence-electron chi connectivity index (χ2n) is 6.80. The van der Waals surface area contributed by atoms with Crippen LogP contribution >= 0.6 is 36.2 Å². The predicted octanol–water partition coefficient (Wildman–Crippen LogP) is 3.14. The van der Waals surface area contributed by atoms with Crippen LogP contribution in [0, 0.1) is 19.3 Å². The Kier molecular flexibility index (Phi) is 9.24. The molecule has 2 N–H and O–H groups in total. The highest BCUT2D eigenvalue weighted by atomic mass is 35.5. The van der Waals surface area contributed by atoms with Gasteiger partial charge in [0, 0.05) is 42.0 Å². The SMILES string of the molecule is COCC1(CNC(=O)c2cc(C)n(-c3nccs3)c2C)CCNCC1.Cl.Cl. The fraction of sp³-hybridized carbons (Fsp3) is 0.556. The van der Waals surface area contributed by atoms with E-state index >= 15 is 0 Å². The van der Waals surface area contributed by atoms with Gasteiger partial charge in [0.25, 0.3) is 5.91 Å². The molecule has 3 heterocycles. The van der Waals surface area contributed by atoms with E-state index in [9.17, 15) is 4.79 Å². The molecule has 27 heavy (non-hydrogen) atoms. The van der Waals surface area contributed by atoms with Crippen LogP contribution in [0.4, 0.5) is 0 Å². The Morgan fingerprint density at radius 2 is 2.07 bits per heavy atom. The summed E-state index contributed by atoms with van der Waals surface area (Å²) in [6, 6.07) is 1.94. The van der Waals surface area contributed by atoms with Crippen molar-refractivity contribution in [3.63, 3.8) is 0 Å². The third-order valence-electron chi connectivity index (χ3n) is 5.03. The molecule has 1 saturated heterocycles. The number of amides is 1. The van der Waals surface area contributed by atoms with Crippen LogP contribution in [-0.2, 0) is 4.74 Å². The second kappa shape index (κ2) is 10.4. The number of ether oxygens (including phenoxy) is 1. The number of methoxy groups -OCH3 is 1. The molecule has 1 aliphatic heterocycles. The van der Waals surface area contributed by atoms with Gasteiger partial charge in [-0.2, -0.15) is 0 Å². The normalized spacial score (nSPS) is 15.5. The third kappa shape index (κ3) is 5.23. The van der Waals surface area contributed by atoms with E-state index in [-0.39, 0.29) is 36.1 Å². The smallest absolute Gasteiger partial charge is 0.253 e. The first-order chi connectivity index (χ1) is 12.1. The lowest BCUT2D eigenvalue weighted by molar-refractivity contribution is 0.0511. The molecule has 0 radical (unpaired) electrons. The predicted molar refractivity (Wildman–Crippen MR) is 114 cm³/mol. The molecule has 1 fully saturated rings. The molecule has 6 nitrogen and oxygen atoms in total. The Labute approximate surface area is 176 Å². The van der Waals surface area contributed by atoms with E-state index in [0.717, 1.165) is 42.5 Å². The summed E-state index contributed by atoms with van der Waals surface area (Å²) in [7, 11) is 1.73. The van der Waals surface area contributed by atoms with Crippen molar-refractivity contribution >= 4 is 42.1 Å². The molecule has 0 atom stereocenters. The molecule has 0 saturated carbocycles. The summed E-state index contributed by atoms with van der Waals surface area (Å²) in [6.45, 7) is 7.23. The molecular weight excluding hydrogens is 407 g/mol. The Morgan fingerprint density at radius 1 is 1.37 bits per heavy atom. The van der Waals surface area contributed by atoms with Crippen LogP contribution in [0.3, 0.4) is 0 Å². The van der Waals surface area contributed by atoms with Gasteiger partial charge in [-0.1, -0.05) is 0 Å². The molecule has 2 aromatic rings. The number of carbonyl (C=O) groups is 1. The summed E-state index contributed by atoms with van der Waals surface area (Å²) in [5.41, 5.74) is 2.69. The highest BCUT2D eigenvalue weighted by molar-refractivity contribution is 7.12.